The zero-order chi connectivity index (χ0) is 38.9. The molecule has 4 saturated carbocycles. The van der Waals surface area contributed by atoms with Crippen molar-refractivity contribution in [1.82, 2.24) is 15.3 Å². The van der Waals surface area contributed by atoms with Gasteiger partial charge in [-0.2, -0.15) is 0 Å². The van der Waals surface area contributed by atoms with Gasteiger partial charge in [-0.3, -0.25) is 19.2 Å². The Hall–Kier alpha value is -3.36. The number of Topliss-reactive ketones (excluding diaryl/α,β-unsaturated/α-hetero) is 1. The van der Waals surface area contributed by atoms with Crippen LogP contribution in [0.4, 0.5) is 0 Å². The number of aromatic nitrogens is 2. The Bertz CT molecular complexity index is 1710. The molecule has 0 aromatic carbocycles. The van der Waals surface area contributed by atoms with Crippen LogP contribution in [0, 0.1) is 56.2 Å². The van der Waals surface area contributed by atoms with Gasteiger partial charge in [0.2, 0.25) is 5.91 Å². The first-order valence-electron chi connectivity index (χ1n) is 20.1. The molecule has 0 aliphatic heterocycles. The summed E-state index contributed by atoms with van der Waals surface area (Å²) in [6.45, 7) is 21.4. The molecule has 5 aliphatic carbocycles. The molecule has 9 heteroatoms. The number of ketones is 1. The molecule has 53 heavy (non-hydrogen) atoms. The van der Waals surface area contributed by atoms with E-state index in [0.717, 1.165) is 56.9 Å². The maximum atomic E-state index is 14.0. The van der Waals surface area contributed by atoms with E-state index in [9.17, 15) is 24.3 Å². The zero-order valence-electron chi connectivity index (χ0n) is 33.8. The zero-order valence-corrected chi connectivity index (χ0v) is 33.8. The van der Waals surface area contributed by atoms with Crippen LogP contribution in [0.3, 0.4) is 0 Å². The summed E-state index contributed by atoms with van der Waals surface area (Å²) in [5.41, 5.74) is 0.516. The second kappa shape index (κ2) is 13.4. The first kappa shape index (κ1) is 39.3. The van der Waals surface area contributed by atoms with E-state index in [1.54, 1.807) is 38.4 Å². The number of aliphatic carboxylic acids is 1. The lowest BCUT2D eigenvalue weighted by atomic mass is 9.33. The monoisotopic (exact) mass is 729 g/mol. The van der Waals surface area contributed by atoms with Gasteiger partial charge in [0.15, 0.2) is 5.78 Å². The standard InChI is InChI=1S/C44H63N3O6/c1-26(2)35-29(48)24-44(19-16-33(49)47-27(3)37-45-22-11-23-46-37)21-20-42(9)28(36(35)44)12-13-31-41(8)17-15-32(53-34(50)25-39(4,5)38(51)52)40(6,7)30(41)14-18-43(31,42)10/h11,16,19,22-23,26-28,30-32H,12-15,17-18,20-21,24-25H2,1-10H3,(H,47,49)(H,51,52)/b19-16+/t27-,28+,30-,31+,32-,41-,42+,43+,44-/m0/s1. The summed E-state index contributed by atoms with van der Waals surface area (Å²) in [6, 6.07) is 1.42. The number of allylic oxidation sites excluding steroid dienone is 3. The molecule has 1 heterocycles. The van der Waals surface area contributed by atoms with E-state index < -0.39 is 22.8 Å². The Morgan fingerprint density at radius 2 is 1.62 bits per heavy atom. The highest BCUT2D eigenvalue weighted by Gasteiger charge is 2.70. The third-order valence-corrected chi connectivity index (χ3v) is 15.7. The smallest absolute Gasteiger partial charge is 0.309 e. The van der Waals surface area contributed by atoms with Crippen molar-refractivity contribution in [2.45, 2.75) is 146 Å². The van der Waals surface area contributed by atoms with E-state index in [4.69, 9.17) is 4.74 Å². The molecular weight excluding hydrogens is 666 g/mol. The number of fused-ring (bicyclic) bond motifs is 7. The first-order valence-corrected chi connectivity index (χ1v) is 20.1. The summed E-state index contributed by atoms with van der Waals surface area (Å²) in [5, 5.41) is 12.6. The topological polar surface area (TPSA) is 136 Å². The highest BCUT2D eigenvalue weighted by Crippen LogP contribution is 2.77. The molecule has 1 aromatic heterocycles. The average molecular weight is 730 g/mol. The number of hydrogen-bond acceptors (Lipinski definition) is 7. The lowest BCUT2D eigenvalue weighted by Crippen LogP contribution is -2.65. The van der Waals surface area contributed by atoms with Gasteiger partial charge in [0.1, 0.15) is 11.9 Å². The van der Waals surface area contributed by atoms with Gasteiger partial charge in [0.25, 0.3) is 0 Å². The number of carboxylic acid groups (broad SMARTS) is 1. The highest BCUT2D eigenvalue weighted by atomic mass is 16.5. The molecule has 4 fully saturated rings. The SMILES string of the molecule is CC(C)C1=C2[C@H]3CC[C@@H]4[C@@]5(C)CC[C@H](OC(=O)CC(C)(C)C(=O)O)C(C)(C)[C@@H]5CC[C@@]4(C)[C@]3(C)CC[C@@]2(/C=C/C(=O)N[C@@H](C)c2ncccn2)CC1=O. The summed E-state index contributed by atoms with van der Waals surface area (Å²) < 4.78 is 6.16. The van der Waals surface area contributed by atoms with Crippen LogP contribution < -0.4 is 5.32 Å². The third-order valence-electron chi connectivity index (χ3n) is 15.7. The molecule has 1 amide bonds. The fourth-order valence-corrected chi connectivity index (χ4v) is 12.8. The number of carboxylic acids is 1. The number of nitrogens with one attached hydrogen (secondary N) is 1. The normalized spacial score (nSPS) is 37.0. The molecular formula is C44H63N3O6. The van der Waals surface area contributed by atoms with Gasteiger partial charge in [-0.05, 0) is 135 Å². The molecule has 6 rings (SSSR count). The first-order chi connectivity index (χ1) is 24.6. The lowest BCUT2D eigenvalue weighted by Gasteiger charge is -2.72. The van der Waals surface area contributed by atoms with Crippen molar-refractivity contribution in [3.05, 3.63) is 47.6 Å². The molecule has 0 saturated heterocycles. The second-order valence-electron chi connectivity index (χ2n) is 19.7. The number of amides is 1. The van der Waals surface area contributed by atoms with Crippen LogP contribution >= 0.6 is 0 Å². The van der Waals surface area contributed by atoms with Crippen LogP contribution in [0.5, 0.6) is 0 Å². The van der Waals surface area contributed by atoms with Crippen molar-refractivity contribution >= 4 is 23.6 Å². The van der Waals surface area contributed by atoms with Gasteiger partial charge in [-0.15, -0.1) is 0 Å². The average Bonchev–Trinajstić information content (AvgIpc) is 3.38. The molecule has 0 radical (unpaired) electrons. The largest absolute Gasteiger partial charge is 0.481 e. The number of ether oxygens (including phenoxy) is 1. The summed E-state index contributed by atoms with van der Waals surface area (Å²) in [6.07, 6.45) is 14.9. The van der Waals surface area contributed by atoms with E-state index >= 15 is 0 Å². The maximum absolute atomic E-state index is 14.0. The summed E-state index contributed by atoms with van der Waals surface area (Å²) in [4.78, 5) is 60.7. The van der Waals surface area contributed by atoms with Crippen molar-refractivity contribution in [3.63, 3.8) is 0 Å². The van der Waals surface area contributed by atoms with Crippen molar-refractivity contribution in [3.8, 4) is 0 Å². The van der Waals surface area contributed by atoms with E-state index in [0.29, 0.717) is 24.1 Å². The summed E-state index contributed by atoms with van der Waals surface area (Å²) >= 11 is 0. The van der Waals surface area contributed by atoms with Crippen LogP contribution in [0.2, 0.25) is 0 Å². The van der Waals surface area contributed by atoms with Crippen LogP contribution in [0.25, 0.3) is 0 Å². The van der Waals surface area contributed by atoms with Gasteiger partial charge in [0.05, 0.1) is 17.9 Å². The van der Waals surface area contributed by atoms with E-state index in [1.165, 1.54) is 5.57 Å². The Morgan fingerprint density at radius 1 is 0.943 bits per heavy atom. The fraction of sp³-hybridized carbons (Fsp3) is 0.727. The number of esters is 1. The van der Waals surface area contributed by atoms with E-state index in [2.05, 4.69) is 69.8 Å². The molecule has 0 spiro atoms. The van der Waals surface area contributed by atoms with Gasteiger partial charge >= 0.3 is 11.9 Å². The third kappa shape index (κ3) is 6.30. The Balaban J connectivity index is 1.27. The molecule has 0 bridgehead atoms. The number of carbonyl (C=O) groups is 4. The van der Waals surface area contributed by atoms with E-state index in [1.807, 2.05) is 6.92 Å². The van der Waals surface area contributed by atoms with Gasteiger partial charge in [-0.25, -0.2) is 9.97 Å². The molecule has 9 atom stereocenters. The van der Waals surface area contributed by atoms with Crippen LogP contribution in [0.1, 0.15) is 145 Å². The van der Waals surface area contributed by atoms with Gasteiger partial charge in [-0.1, -0.05) is 54.5 Å². The van der Waals surface area contributed by atoms with Gasteiger partial charge in [0, 0.05) is 29.6 Å². The Labute approximate surface area is 316 Å². The van der Waals surface area contributed by atoms with Crippen molar-refractivity contribution in [2.75, 3.05) is 0 Å². The number of nitrogens with zero attached hydrogens (tertiary/aromatic N) is 2. The Kier molecular flexibility index (Phi) is 9.97. The maximum Gasteiger partial charge on any atom is 0.309 e. The van der Waals surface area contributed by atoms with E-state index in [-0.39, 0.29) is 63.8 Å². The lowest BCUT2D eigenvalue weighted by molar-refractivity contribution is -0.232. The predicted molar refractivity (Wildman–Crippen MR) is 203 cm³/mol. The molecule has 5 aliphatic rings. The fourth-order valence-electron chi connectivity index (χ4n) is 12.8. The quantitative estimate of drug-likeness (QED) is 0.191. The second-order valence-corrected chi connectivity index (χ2v) is 19.7. The van der Waals surface area contributed by atoms with Crippen molar-refractivity contribution in [1.29, 1.82) is 0 Å². The van der Waals surface area contributed by atoms with Crippen molar-refractivity contribution < 1.29 is 29.0 Å². The minimum absolute atomic E-state index is 0.0153. The molecule has 290 valence electrons. The van der Waals surface area contributed by atoms with Crippen LogP contribution in [0.15, 0.2) is 41.8 Å². The molecule has 2 N–H and O–H groups in total. The molecule has 9 nitrogen and oxygen atoms in total. The summed E-state index contributed by atoms with van der Waals surface area (Å²) in [7, 11) is 0. The number of rotatable bonds is 9. The minimum Gasteiger partial charge on any atom is -0.481 e. The van der Waals surface area contributed by atoms with Crippen molar-refractivity contribution in [2.24, 2.45) is 56.2 Å². The Morgan fingerprint density at radius 3 is 2.26 bits per heavy atom. The molecule has 0 unspecified atom stereocenters. The number of hydrogen-bond donors (Lipinski definition) is 2. The van der Waals surface area contributed by atoms with Crippen LogP contribution in [-0.4, -0.2) is 44.8 Å². The van der Waals surface area contributed by atoms with Crippen LogP contribution in [-0.2, 0) is 23.9 Å². The number of carbonyl (C=O) groups excluding carboxylic acids is 3. The summed E-state index contributed by atoms with van der Waals surface area (Å²) in [5.74, 6) is 0.381. The van der Waals surface area contributed by atoms with Gasteiger partial charge < -0.3 is 15.2 Å². The highest BCUT2D eigenvalue weighted by molar-refractivity contribution is 6.01. The minimum atomic E-state index is -1.17. The molecule has 1 aromatic rings. The predicted octanol–water partition coefficient (Wildman–Crippen LogP) is 8.60.